The van der Waals surface area contributed by atoms with Crippen molar-refractivity contribution in [1.29, 1.82) is 0 Å². The Labute approximate surface area is 146 Å². The highest BCUT2D eigenvalue weighted by atomic mass is 16.6. The zero-order valence-corrected chi connectivity index (χ0v) is 14.0. The maximum absolute atomic E-state index is 10.9. The summed E-state index contributed by atoms with van der Waals surface area (Å²) in [7, 11) is 0. The monoisotopic (exact) mass is 339 g/mol. The predicted molar refractivity (Wildman–Crippen MR) is 97.0 cm³/mol. The number of nitro benzene ring substituents is 1. The maximum atomic E-state index is 10.9. The molecule has 4 rings (SSSR count). The minimum Gasteiger partial charge on any atom is -0.378 e. The molecule has 2 heterocycles. The molecule has 1 saturated heterocycles. The second-order valence-corrected chi connectivity index (χ2v) is 6.46. The molecule has 2 aromatic rings. The lowest BCUT2D eigenvalue weighted by Gasteiger charge is -2.33. The summed E-state index contributed by atoms with van der Waals surface area (Å²) in [4.78, 5) is 12.9. The Morgan fingerprint density at radius 3 is 2.56 bits per heavy atom. The fourth-order valence-corrected chi connectivity index (χ4v) is 3.63. The van der Waals surface area contributed by atoms with Crippen LogP contribution in [0.5, 0.6) is 0 Å². The quantitative estimate of drug-likeness (QED) is 0.688. The fraction of sp³-hybridized carbons (Fsp3) is 0.368. The van der Waals surface area contributed by atoms with Crippen LogP contribution in [0.4, 0.5) is 11.4 Å². The summed E-state index contributed by atoms with van der Waals surface area (Å²) in [6.07, 6.45) is 1.03. The first-order valence-corrected chi connectivity index (χ1v) is 8.66. The molecular weight excluding hydrogens is 318 g/mol. The zero-order valence-electron chi connectivity index (χ0n) is 14.0. The normalized spacial score (nSPS) is 17.2. The van der Waals surface area contributed by atoms with E-state index in [-0.39, 0.29) is 10.6 Å². The number of nitrogens with zero attached hydrogens (tertiary/aromatic N) is 2. The van der Waals surface area contributed by atoms with Crippen molar-refractivity contribution in [1.82, 2.24) is 5.32 Å². The van der Waals surface area contributed by atoms with Crippen LogP contribution >= 0.6 is 0 Å². The Hall–Kier alpha value is -2.44. The molecule has 0 aromatic heterocycles. The molecule has 0 aliphatic carbocycles. The van der Waals surface area contributed by atoms with Gasteiger partial charge in [0.25, 0.3) is 5.69 Å². The second-order valence-electron chi connectivity index (χ2n) is 6.46. The lowest BCUT2D eigenvalue weighted by Crippen LogP contribution is -2.38. The molecule has 2 aliphatic heterocycles. The highest BCUT2D eigenvalue weighted by Crippen LogP contribution is 2.34. The number of non-ortho nitro benzene ring substituents is 1. The van der Waals surface area contributed by atoms with Gasteiger partial charge in [-0.25, -0.2) is 0 Å². The lowest BCUT2D eigenvalue weighted by atomic mass is 9.92. The zero-order chi connectivity index (χ0) is 17.2. The number of benzene rings is 2. The van der Waals surface area contributed by atoms with E-state index in [1.54, 1.807) is 12.1 Å². The molecule has 1 fully saturated rings. The number of nitro groups is 1. The van der Waals surface area contributed by atoms with Crippen LogP contribution in [-0.2, 0) is 17.7 Å². The summed E-state index contributed by atoms with van der Waals surface area (Å²) in [5.74, 6) is 0. The number of hydrogen-bond donors (Lipinski definition) is 1. The Morgan fingerprint density at radius 2 is 1.84 bits per heavy atom. The van der Waals surface area contributed by atoms with Crippen molar-refractivity contribution in [2.75, 3.05) is 37.7 Å². The number of nitrogens with one attached hydrogen (secondary N) is 1. The van der Waals surface area contributed by atoms with Crippen molar-refractivity contribution in [3.8, 4) is 11.1 Å². The molecule has 0 radical (unpaired) electrons. The predicted octanol–water partition coefficient (Wildman–Crippen LogP) is 2.74. The summed E-state index contributed by atoms with van der Waals surface area (Å²) in [5, 5.41) is 14.3. The molecule has 0 atom stereocenters. The number of hydrogen-bond acceptors (Lipinski definition) is 5. The molecule has 25 heavy (non-hydrogen) atoms. The molecule has 2 aliphatic rings. The molecular formula is C19H21N3O3. The van der Waals surface area contributed by atoms with Crippen LogP contribution in [0.2, 0.25) is 0 Å². The lowest BCUT2D eigenvalue weighted by molar-refractivity contribution is -0.384. The van der Waals surface area contributed by atoms with Gasteiger partial charge < -0.3 is 15.0 Å². The van der Waals surface area contributed by atoms with Crippen LogP contribution < -0.4 is 10.2 Å². The van der Waals surface area contributed by atoms with Gasteiger partial charge in [-0.2, -0.15) is 0 Å². The van der Waals surface area contributed by atoms with Crippen molar-refractivity contribution in [3.05, 3.63) is 57.6 Å². The molecule has 2 aromatic carbocycles. The van der Waals surface area contributed by atoms with Gasteiger partial charge in [0.15, 0.2) is 0 Å². The Kier molecular flexibility index (Phi) is 4.38. The van der Waals surface area contributed by atoms with Crippen LogP contribution in [0.1, 0.15) is 11.1 Å². The van der Waals surface area contributed by atoms with E-state index in [1.807, 2.05) is 12.1 Å². The van der Waals surface area contributed by atoms with E-state index in [0.717, 1.165) is 56.9 Å². The van der Waals surface area contributed by atoms with Gasteiger partial charge in [-0.05, 0) is 59.5 Å². The van der Waals surface area contributed by atoms with Crippen LogP contribution in [-0.4, -0.2) is 37.8 Å². The number of morpholine rings is 1. The van der Waals surface area contributed by atoms with Crippen LogP contribution in [0.25, 0.3) is 11.1 Å². The third-order valence-electron chi connectivity index (χ3n) is 4.95. The van der Waals surface area contributed by atoms with Crippen molar-refractivity contribution in [3.63, 3.8) is 0 Å². The first kappa shape index (κ1) is 16.1. The Balaban J connectivity index is 1.76. The van der Waals surface area contributed by atoms with E-state index >= 15 is 0 Å². The van der Waals surface area contributed by atoms with Gasteiger partial charge in [0, 0.05) is 37.5 Å². The number of fused-ring (bicyclic) bond motifs is 1. The van der Waals surface area contributed by atoms with Crippen molar-refractivity contribution < 1.29 is 9.66 Å². The van der Waals surface area contributed by atoms with E-state index in [4.69, 9.17) is 4.74 Å². The molecule has 6 nitrogen and oxygen atoms in total. The average molecular weight is 339 g/mol. The van der Waals surface area contributed by atoms with Gasteiger partial charge in [0.2, 0.25) is 0 Å². The smallest absolute Gasteiger partial charge is 0.269 e. The van der Waals surface area contributed by atoms with Gasteiger partial charge in [0.05, 0.1) is 18.1 Å². The minimum atomic E-state index is -0.361. The molecule has 0 spiro atoms. The SMILES string of the molecule is O=[N+]([O-])c1ccc(-c2cc3c(c(N4CCOCC4)c2)CCNC3)cc1. The molecule has 130 valence electrons. The van der Waals surface area contributed by atoms with Gasteiger partial charge >= 0.3 is 0 Å². The first-order chi connectivity index (χ1) is 12.2. The minimum absolute atomic E-state index is 0.122. The van der Waals surface area contributed by atoms with Crippen molar-refractivity contribution >= 4 is 11.4 Å². The average Bonchev–Trinajstić information content (AvgIpc) is 2.68. The molecule has 0 saturated carbocycles. The number of ether oxygens (including phenoxy) is 1. The van der Waals surface area contributed by atoms with Gasteiger partial charge in [-0.15, -0.1) is 0 Å². The van der Waals surface area contributed by atoms with Crippen LogP contribution in [0.3, 0.4) is 0 Å². The molecule has 0 bridgehead atoms. The Bertz CT molecular complexity index is 783. The third-order valence-corrected chi connectivity index (χ3v) is 4.95. The highest BCUT2D eigenvalue weighted by molar-refractivity contribution is 5.73. The fourth-order valence-electron chi connectivity index (χ4n) is 3.63. The van der Waals surface area contributed by atoms with Gasteiger partial charge in [-0.1, -0.05) is 0 Å². The molecule has 1 N–H and O–H groups in total. The topological polar surface area (TPSA) is 67.6 Å². The summed E-state index contributed by atoms with van der Waals surface area (Å²) < 4.78 is 5.50. The van der Waals surface area contributed by atoms with Crippen molar-refractivity contribution in [2.45, 2.75) is 13.0 Å². The van der Waals surface area contributed by atoms with E-state index in [2.05, 4.69) is 22.3 Å². The Morgan fingerprint density at radius 1 is 1.08 bits per heavy atom. The summed E-state index contributed by atoms with van der Waals surface area (Å²) in [5.41, 5.74) is 6.27. The first-order valence-electron chi connectivity index (χ1n) is 8.66. The summed E-state index contributed by atoms with van der Waals surface area (Å²) in [6, 6.07) is 11.3. The van der Waals surface area contributed by atoms with E-state index in [1.165, 1.54) is 16.8 Å². The van der Waals surface area contributed by atoms with Crippen molar-refractivity contribution in [2.24, 2.45) is 0 Å². The van der Waals surface area contributed by atoms with Gasteiger partial charge in [0.1, 0.15) is 0 Å². The standard InChI is InChI=1S/C19H21N3O3/c23-22(24)17-3-1-14(2-4-17)15-11-16-13-20-6-5-18(16)19(12-15)21-7-9-25-10-8-21/h1-4,11-12,20H,5-10,13H2. The van der Waals surface area contributed by atoms with Crippen LogP contribution in [0, 0.1) is 10.1 Å². The third kappa shape index (κ3) is 3.23. The van der Waals surface area contributed by atoms with E-state index in [9.17, 15) is 10.1 Å². The number of anilines is 1. The molecule has 6 heteroatoms. The van der Waals surface area contributed by atoms with Crippen LogP contribution in [0.15, 0.2) is 36.4 Å². The van der Waals surface area contributed by atoms with Gasteiger partial charge in [-0.3, -0.25) is 10.1 Å². The number of rotatable bonds is 3. The summed E-state index contributed by atoms with van der Waals surface area (Å²) >= 11 is 0. The molecule has 0 unspecified atom stereocenters. The van der Waals surface area contributed by atoms with E-state index in [0.29, 0.717) is 0 Å². The summed E-state index contributed by atoms with van der Waals surface area (Å²) in [6.45, 7) is 5.20. The molecule has 0 amide bonds. The second kappa shape index (κ2) is 6.82. The largest absolute Gasteiger partial charge is 0.378 e. The highest BCUT2D eigenvalue weighted by Gasteiger charge is 2.21. The van der Waals surface area contributed by atoms with E-state index < -0.39 is 0 Å². The maximum Gasteiger partial charge on any atom is 0.269 e.